The number of rotatable bonds is 6. The van der Waals surface area contributed by atoms with Crippen molar-refractivity contribution in [2.24, 2.45) is 5.73 Å². The molecule has 3 heterocycles. The minimum absolute atomic E-state index is 0.0149. The number of primary amides is 1. The average molecular weight is 695 g/mol. The number of urea groups is 1. The number of halogens is 2. The van der Waals surface area contributed by atoms with Crippen molar-refractivity contribution in [3.8, 4) is 0 Å². The number of nitrogens with zero attached hydrogens (tertiary/aromatic N) is 4. The molecule has 11 heteroatoms. The first-order valence-electron chi connectivity index (χ1n) is 16.6. The third-order valence-corrected chi connectivity index (χ3v) is 11.2. The van der Waals surface area contributed by atoms with Gasteiger partial charge >= 0.3 is 12.0 Å². The number of hydrogen-bond acceptors (Lipinski definition) is 5. The molecule has 0 aliphatic carbocycles. The summed E-state index contributed by atoms with van der Waals surface area (Å²) in [4.78, 5) is 45.3. The fraction of sp³-hybridized carbons (Fsp3) is 0.432. The molecule has 0 aromatic heterocycles. The van der Waals surface area contributed by atoms with E-state index in [2.05, 4.69) is 16.7 Å². The van der Waals surface area contributed by atoms with E-state index in [1.807, 2.05) is 90.8 Å². The van der Waals surface area contributed by atoms with E-state index in [9.17, 15) is 19.5 Å². The number of likely N-dealkylation sites (N-methyl/N-ethyl adjacent to an activating group) is 2. The van der Waals surface area contributed by atoms with Crippen LogP contribution in [0, 0.1) is 0 Å². The van der Waals surface area contributed by atoms with Crippen molar-refractivity contribution in [1.29, 1.82) is 0 Å². The van der Waals surface area contributed by atoms with Crippen LogP contribution >= 0.6 is 23.2 Å². The van der Waals surface area contributed by atoms with Gasteiger partial charge in [-0.05, 0) is 74.8 Å². The van der Waals surface area contributed by atoms with Gasteiger partial charge in [0.1, 0.15) is 0 Å². The average Bonchev–Trinajstić information content (AvgIpc) is 3.56. The molecule has 3 N–H and O–H groups in total. The first-order chi connectivity index (χ1) is 23.0. The zero-order valence-electron chi connectivity index (χ0n) is 27.7. The van der Waals surface area contributed by atoms with Crippen LogP contribution in [0.25, 0.3) is 0 Å². The normalized spacial score (nSPS) is 24.9. The van der Waals surface area contributed by atoms with Crippen LogP contribution in [0.15, 0.2) is 78.9 Å². The van der Waals surface area contributed by atoms with Crippen molar-refractivity contribution >= 4 is 41.1 Å². The Balaban J connectivity index is 0.000000387. The number of nitrogens with two attached hydrogens (primary N) is 1. The summed E-state index contributed by atoms with van der Waals surface area (Å²) in [6.45, 7) is 8.01. The smallest absolute Gasteiger partial charge is 0.314 e. The summed E-state index contributed by atoms with van der Waals surface area (Å²) in [7, 11) is 2.04. The molecular formula is C37H45Cl2N5O4. The molecule has 6 rings (SSSR count). The van der Waals surface area contributed by atoms with Crippen molar-refractivity contribution in [1.82, 2.24) is 19.6 Å². The van der Waals surface area contributed by atoms with Crippen LogP contribution < -0.4 is 5.73 Å². The van der Waals surface area contributed by atoms with Crippen molar-refractivity contribution in [3.05, 3.63) is 106 Å². The van der Waals surface area contributed by atoms with Gasteiger partial charge in [-0.3, -0.25) is 14.5 Å². The van der Waals surface area contributed by atoms with Crippen molar-refractivity contribution in [2.45, 2.75) is 43.1 Å². The summed E-state index contributed by atoms with van der Waals surface area (Å²) in [6.07, 6.45) is 1.67. The Morgan fingerprint density at radius 2 is 1.46 bits per heavy atom. The lowest BCUT2D eigenvalue weighted by Crippen LogP contribution is -2.60. The number of benzene rings is 3. The summed E-state index contributed by atoms with van der Waals surface area (Å²) in [5, 5.41) is 11.6. The summed E-state index contributed by atoms with van der Waals surface area (Å²) in [6, 6.07) is 24.2. The zero-order valence-corrected chi connectivity index (χ0v) is 29.2. The van der Waals surface area contributed by atoms with Gasteiger partial charge in [0.15, 0.2) is 0 Å². The van der Waals surface area contributed by atoms with E-state index in [4.69, 9.17) is 28.9 Å². The van der Waals surface area contributed by atoms with E-state index in [1.54, 1.807) is 4.90 Å². The first-order valence-corrected chi connectivity index (χ1v) is 17.3. The molecule has 3 aromatic rings. The molecule has 3 aliphatic rings. The van der Waals surface area contributed by atoms with Crippen LogP contribution in [-0.4, -0.2) is 108 Å². The summed E-state index contributed by atoms with van der Waals surface area (Å²) in [5.41, 5.74) is 6.03. The highest BCUT2D eigenvalue weighted by Crippen LogP contribution is 2.49. The highest BCUT2D eigenvalue weighted by molar-refractivity contribution is 6.42. The number of likely N-dealkylation sites (tertiary alicyclic amines) is 2. The molecule has 3 unspecified atom stereocenters. The topological polar surface area (TPSA) is 110 Å². The molecule has 0 spiro atoms. The molecule has 256 valence electrons. The van der Waals surface area contributed by atoms with Crippen molar-refractivity contribution in [3.63, 3.8) is 0 Å². The van der Waals surface area contributed by atoms with E-state index in [-0.39, 0.29) is 18.0 Å². The van der Waals surface area contributed by atoms with Gasteiger partial charge in [0.25, 0.3) is 5.91 Å². The number of hydrogen-bond donors (Lipinski definition) is 2. The SMILES string of the molecule is CCN1CCC(C(=O)O)(c2ccccc2)CC1C1(c2ccc(Cl)c(Cl)c2)CCN(C(=O)c2ccccc2)C1.CN1CCN(C(N)=O)CC1. The highest BCUT2D eigenvalue weighted by Gasteiger charge is 2.56. The second-order valence-corrected chi connectivity index (χ2v) is 13.9. The third kappa shape index (κ3) is 7.34. The molecule has 9 nitrogen and oxygen atoms in total. The second-order valence-electron chi connectivity index (χ2n) is 13.1. The molecule has 0 saturated carbocycles. The Bertz CT molecular complexity index is 1590. The molecule has 3 saturated heterocycles. The fourth-order valence-electron chi connectivity index (χ4n) is 7.61. The molecule has 0 bridgehead atoms. The molecular weight excluding hydrogens is 649 g/mol. The van der Waals surface area contributed by atoms with Crippen LogP contribution in [0.4, 0.5) is 4.79 Å². The molecule has 3 fully saturated rings. The predicted octanol–water partition coefficient (Wildman–Crippen LogP) is 5.60. The van der Waals surface area contributed by atoms with Crippen molar-refractivity contribution < 1.29 is 19.5 Å². The Hall–Kier alpha value is -3.63. The van der Waals surface area contributed by atoms with Crippen LogP contribution in [0.3, 0.4) is 0 Å². The quantitative estimate of drug-likeness (QED) is 0.348. The zero-order chi connectivity index (χ0) is 34.5. The van der Waals surface area contributed by atoms with Gasteiger partial charge in [-0.1, -0.05) is 84.7 Å². The largest absolute Gasteiger partial charge is 0.481 e. The van der Waals surface area contributed by atoms with E-state index < -0.39 is 16.8 Å². The number of piperidine rings is 1. The van der Waals surface area contributed by atoms with Gasteiger partial charge in [-0.2, -0.15) is 0 Å². The van der Waals surface area contributed by atoms with Gasteiger partial charge in [-0.25, -0.2) is 4.79 Å². The highest BCUT2D eigenvalue weighted by atomic mass is 35.5. The second kappa shape index (κ2) is 15.3. The number of carbonyl (C=O) groups is 3. The molecule has 3 aromatic carbocycles. The Labute approximate surface area is 293 Å². The standard InChI is InChI=1S/C31H32Cl2N2O3.C6H13N3O/c1-2-34-17-15-30(29(37)38,23-11-7-4-8-12-23)20-27(34)31(24-13-14-25(32)26(33)19-24)16-18-35(21-31)28(36)22-9-5-3-6-10-22;1-8-2-4-9(5-3-8)6(7)10/h3-14,19,27H,2,15-18,20-21H2,1H3,(H,37,38);2-5H2,1H3,(H2,7,10). The number of carboxylic acid groups (broad SMARTS) is 1. The van der Waals surface area contributed by atoms with E-state index >= 15 is 0 Å². The molecule has 3 atom stereocenters. The van der Waals surface area contributed by atoms with Gasteiger partial charge in [-0.15, -0.1) is 0 Å². The van der Waals surface area contributed by atoms with Crippen LogP contribution in [-0.2, 0) is 15.6 Å². The molecule has 3 amide bonds. The van der Waals surface area contributed by atoms with Gasteiger partial charge in [0.05, 0.1) is 15.5 Å². The maximum Gasteiger partial charge on any atom is 0.314 e. The van der Waals surface area contributed by atoms with Gasteiger partial charge in [0, 0.05) is 56.3 Å². The Morgan fingerprint density at radius 1 is 0.812 bits per heavy atom. The Kier molecular flexibility index (Phi) is 11.4. The first kappa shape index (κ1) is 35.7. The van der Waals surface area contributed by atoms with Crippen molar-refractivity contribution in [2.75, 3.05) is 59.4 Å². The summed E-state index contributed by atoms with van der Waals surface area (Å²) in [5.74, 6) is -0.817. The third-order valence-electron chi connectivity index (χ3n) is 10.5. The lowest BCUT2D eigenvalue weighted by atomic mass is 9.62. The number of amides is 3. The van der Waals surface area contributed by atoms with E-state index in [1.165, 1.54) is 0 Å². The number of carbonyl (C=O) groups excluding carboxylic acids is 2. The van der Waals surface area contributed by atoms with Gasteiger partial charge in [0.2, 0.25) is 0 Å². The van der Waals surface area contributed by atoms with Crippen LogP contribution in [0.1, 0.15) is 47.7 Å². The minimum atomic E-state index is -1.02. The van der Waals surface area contributed by atoms with Crippen LogP contribution in [0.2, 0.25) is 10.0 Å². The summed E-state index contributed by atoms with van der Waals surface area (Å²) >= 11 is 12.9. The number of carboxylic acids is 1. The Morgan fingerprint density at radius 3 is 2.04 bits per heavy atom. The molecule has 48 heavy (non-hydrogen) atoms. The maximum absolute atomic E-state index is 13.5. The van der Waals surface area contributed by atoms with Gasteiger partial charge < -0.3 is 25.5 Å². The number of piperazine rings is 1. The fourth-order valence-corrected chi connectivity index (χ4v) is 7.91. The predicted molar refractivity (Wildman–Crippen MR) is 190 cm³/mol. The van der Waals surface area contributed by atoms with Crippen LogP contribution in [0.5, 0.6) is 0 Å². The number of aliphatic carboxylic acids is 1. The monoisotopic (exact) mass is 693 g/mol. The van der Waals surface area contributed by atoms with E-state index in [0.717, 1.165) is 43.9 Å². The lowest BCUT2D eigenvalue weighted by Gasteiger charge is -2.52. The molecule has 3 aliphatic heterocycles. The van der Waals surface area contributed by atoms with E-state index in [0.29, 0.717) is 54.5 Å². The lowest BCUT2D eigenvalue weighted by molar-refractivity contribution is -0.147. The summed E-state index contributed by atoms with van der Waals surface area (Å²) < 4.78 is 0. The maximum atomic E-state index is 13.5. The molecule has 0 radical (unpaired) electrons. The minimum Gasteiger partial charge on any atom is -0.481 e.